The van der Waals surface area contributed by atoms with Crippen molar-refractivity contribution >= 4 is 17.1 Å². The molecule has 0 spiro atoms. The van der Waals surface area contributed by atoms with Crippen LogP contribution in [0.2, 0.25) is 0 Å². The molecule has 1 aromatic rings. The molecule has 1 N–H and O–H groups in total. The number of aliphatic imine (C=N–C) groups is 1. The first-order valence-electron chi connectivity index (χ1n) is 8.28. The van der Waals surface area contributed by atoms with Crippen LogP contribution in [0.25, 0.3) is 0 Å². The molecule has 0 radical (unpaired) electrons. The van der Waals surface area contributed by atoms with Crippen molar-refractivity contribution in [2.75, 3.05) is 11.4 Å². The molecule has 0 aromatic heterocycles. The van der Waals surface area contributed by atoms with Crippen molar-refractivity contribution in [1.82, 2.24) is 0 Å². The Morgan fingerprint density at radius 2 is 1.86 bits per heavy atom. The fraction of sp³-hybridized carbons (Fsp3) is 0.611. The summed E-state index contributed by atoms with van der Waals surface area (Å²) in [5.41, 5.74) is 3.14. The second kappa shape index (κ2) is 6.18. The average molecular weight is 286 g/mol. The highest BCUT2D eigenvalue weighted by Gasteiger charge is 2.30. The lowest BCUT2D eigenvalue weighted by molar-refractivity contribution is 0.139. The molecule has 114 valence electrons. The molecule has 21 heavy (non-hydrogen) atoms. The smallest absolute Gasteiger partial charge is 0.0967 e. The summed E-state index contributed by atoms with van der Waals surface area (Å²) in [5.74, 6) is 0.400. The van der Waals surface area contributed by atoms with Crippen molar-refractivity contribution in [1.29, 1.82) is 0 Å². The van der Waals surface area contributed by atoms with Gasteiger partial charge in [0.1, 0.15) is 0 Å². The largest absolute Gasteiger partial charge is 0.387 e. The first-order chi connectivity index (χ1) is 10.2. The van der Waals surface area contributed by atoms with Crippen LogP contribution in [0.15, 0.2) is 29.3 Å². The van der Waals surface area contributed by atoms with Gasteiger partial charge in [0.05, 0.1) is 29.7 Å². The van der Waals surface area contributed by atoms with Crippen LogP contribution >= 0.6 is 0 Å². The van der Waals surface area contributed by atoms with Crippen molar-refractivity contribution in [2.45, 2.75) is 58.1 Å². The van der Waals surface area contributed by atoms with Crippen LogP contribution in [0.4, 0.5) is 11.4 Å². The van der Waals surface area contributed by atoms with Crippen LogP contribution in [-0.2, 0) is 0 Å². The van der Waals surface area contributed by atoms with Crippen LogP contribution in [-0.4, -0.2) is 29.5 Å². The Labute approximate surface area is 127 Å². The van der Waals surface area contributed by atoms with Crippen molar-refractivity contribution < 1.29 is 5.11 Å². The molecule has 1 fully saturated rings. The van der Waals surface area contributed by atoms with Gasteiger partial charge < -0.3 is 10.0 Å². The van der Waals surface area contributed by atoms with Crippen molar-refractivity contribution in [3.05, 3.63) is 24.3 Å². The van der Waals surface area contributed by atoms with E-state index in [1.165, 1.54) is 24.9 Å². The molecule has 1 heterocycles. The molecule has 1 aromatic carbocycles. The number of aliphatic hydroxyl groups excluding tert-OH is 1. The number of anilines is 1. The highest BCUT2D eigenvalue weighted by molar-refractivity contribution is 5.99. The number of fused-ring (bicyclic) bond motifs is 1. The lowest BCUT2D eigenvalue weighted by atomic mass is 9.83. The van der Waals surface area contributed by atoms with Crippen molar-refractivity contribution in [3.63, 3.8) is 0 Å². The minimum atomic E-state index is -0.375. The van der Waals surface area contributed by atoms with Crippen LogP contribution in [0.3, 0.4) is 0 Å². The van der Waals surface area contributed by atoms with Gasteiger partial charge in [0.15, 0.2) is 0 Å². The summed E-state index contributed by atoms with van der Waals surface area (Å²) in [7, 11) is 0. The maximum Gasteiger partial charge on any atom is 0.0967 e. The molecule has 0 saturated heterocycles. The second-order valence-electron chi connectivity index (χ2n) is 6.66. The van der Waals surface area contributed by atoms with E-state index in [9.17, 15) is 5.11 Å². The normalized spacial score (nSPS) is 21.1. The summed E-state index contributed by atoms with van der Waals surface area (Å²) in [6, 6.07) is 8.68. The lowest BCUT2D eigenvalue weighted by Crippen LogP contribution is -2.44. The molecule has 1 saturated carbocycles. The van der Waals surface area contributed by atoms with Gasteiger partial charge in [-0.15, -0.1) is 0 Å². The minimum Gasteiger partial charge on any atom is -0.387 e. The van der Waals surface area contributed by atoms with E-state index in [-0.39, 0.29) is 6.10 Å². The third kappa shape index (κ3) is 2.98. The number of para-hydroxylation sites is 2. The van der Waals surface area contributed by atoms with Gasteiger partial charge >= 0.3 is 0 Å². The summed E-state index contributed by atoms with van der Waals surface area (Å²) in [6.07, 6.45) is 5.72. The zero-order valence-corrected chi connectivity index (χ0v) is 13.1. The Morgan fingerprint density at radius 3 is 2.57 bits per heavy atom. The average Bonchev–Trinajstić information content (AvgIpc) is 2.53. The maximum absolute atomic E-state index is 10.8. The van der Waals surface area contributed by atoms with Gasteiger partial charge in [-0.25, -0.2) is 0 Å². The molecule has 0 bridgehead atoms. The van der Waals surface area contributed by atoms with Gasteiger partial charge in [0.2, 0.25) is 0 Å². The Kier molecular flexibility index (Phi) is 4.29. The fourth-order valence-corrected chi connectivity index (χ4v) is 3.59. The topological polar surface area (TPSA) is 35.8 Å². The monoisotopic (exact) mass is 286 g/mol. The van der Waals surface area contributed by atoms with Crippen LogP contribution in [0.1, 0.15) is 46.0 Å². The van der Waals surface area contributed by atoms with Crippen LogP contribution < -0.4 is 4.90 Å². The zero-order valence-electron chi connectivity index (χ0n) is 13.1. The summed E-state index contributed by atoms with van der Waals surface area (Å²) in [6.45, 7) is 5.16. The quantitative estimate of drug-likeness (QED) is 0.914. The van der Waals surface area contributed by atoms with Gasteiger partial charge in [0, 0.05) is 6.04 Å². The maximum atomic E-state index is 10.8. The highest BCUT2D eigenvalue weighted by atomic mass is 16.3. The summed E-state index contributed by atoms with van der Waals surface area (Å²) >= 11 is 0. The number of benzene rings is 1. The number of hydrogen-bond donors (Lipinski definition) is 1. The second-order valence-corrected chi connectivity index (χ2v) is 6.66. The summed E-state index contributed by atoms with van der Waals surface area (Å²) in [5, 5.41) is 10.8. The minimum absolute atomic E-state index is 0.375. The van der Waals surface area contributed by atoms with E-state index in [2.05, 4.69) is 36.9 Å². The summed E-state index contributed by atoms with van der Waals surface area (Å²) < 4.78 is 0. The molecule has 3 heteroatoms. The van der Waals surface area contributed by atoms with Crippen LogP contribution in [0, 0.1) is 5.92 Å². The van der Waals surface area contributed by atoms with Crippen LogP contribution in [0.5, 0.6) is 0 Å². The van der Waals surface area contributed by atoms with Gasteiger partial charge in [0.25, 0.3) is 0 Å². The summed E-state index contributed by atoms with van der Waals surface area (Å²) in [4.78, 5) is 7.13. The molecule has 1 aliphatic heterocycles. The first kappa shape index (κ1) is 14.6. The van der Waals surface area contributed by atoms with E-state index in [4.69, 9.17) is 4.99 Å². The van der Waals surface area contributed by atoms with E-state index < -0.39 is 0 Å². The number of aliphatic hydroxyl groups is 1. The molecule has 2 aliphatic rings. The van der Waals surface area contributed by atoms with Crippen molar-refractivity contribution in [3.8, 4) is 0 Å². The van der Waals surface area contributed by atoms with Crippen molar-refractivity contribution in [2.24, 2.45) is 10.9 Å². The zero-order chi connectivity index (χ0) is 14.8. The van der Waals surface area contributed by atoms with E-state index in [0.29, 0.717) is 12.0 Å². The van der Waals surface area contributed by atoms with Gasteiger partial charge in [-0.1, -0.05) is 31.4 Å². The van der Waals surface area contributed by atoms with E-state index in [1.807, 2.05) is 6.07 Å². The van der Waals surface area contributed by atoms with E-state index in [0.717, 1.165) is 30.8 Å². The number of nitrogens with zero attached hydrogens (tertiary/aromatic N) is 2. The highest BCUT2D eigenvalue weighted by Crippen LogP contribution is 2.35. The molecule has 0 amide bonds. The number of rotatable bonds is 3. The van der Waals surface area contributed by atoms with E-state index >= 15 is 0 Å². The Bertz CT molecular complexity index is 518. The molecule has 1 aliphatic carbocycles. The Balaban J connectivity index is 1.87. The van der Waals surface area contributed by atoms with Gasteiger partial charge in [-0.05, 0) is 44.7 Å². The fourth-order valence-electron chi connectivity index (χ4n) is 3.59. The first-order valence-corrected chi connectivity index (χ1v) is 8.28. The standard InChI is InChI=1S/C18H26N2O/c1-13(2)20-12-16(18(21)14-8-4-3-5-9-14)19-15-10-6-7-11-17(15)20/h6-7,10-11,13-14,18,21H,3-5,8-9,12H2,1-2H3. The number of hydrogen-bond acceptors (Lipinski definition) is 3. The predicted octanol–water partition coefficient (Wildman–Crippen LogP) is 3.93. The predicted molar refractivity (Wildman–Crippen MR) is 88.6 cm³/mol. The molecular weight excluding hydrogens is 260 g/mol. The molecule has 1 unspecified atom stereocenters. The third-order valence-corrected chi connectivity index (χ3v) is 4.85. The van der Waals surface area contributed by atoms with E-state index in [1.54, 1.807) is 0 Å². The van der Waals surface area contributed by atoms with Gasteiger partial charge in [-0.2, -0.15) is 0 Å². The SMILES string of the molecule is CC(C)N1CC(C(O)C2CCCCC2)=Nc2ccccc21. The Morgan fingerprint density at radius 1 is 1.14 bits per heavy atom. The molecule has 3 nitrogen and oxygen atoms in total. The lowest BCUT2D eigenvalue weighted by Gasteiger charge is -2.37. The molecule has 1 atom stereocenters. The van der Waals surface area contributed by atoms with Gasteiger partial charge in [-0.3, -0.25) is 4.99 Å². The third-order valence-electron chi connectivity index (χ3n) is 4.85. The molecule has 3 rings (SSSR count). The molecular formula is C18H26N2O. The Hall–Kier alpha value is -1.35.